The molecule has 1 aliphatic heterocycles. The van der Waals surface area contributed by atoms with Crippen LogP contribution in [0.1, 0.15) is 33.1 Å². The lowest BCUT2D eigenvalue weighted by Crippen LogP contribution is -2.44. The van der Waals surface area contributed by atoms with Gasteiger partial charge in [-0.05, 0) is 26.2 Å². The number of nitrogens with one attached hydrogen (secondary N) is 1. The van der Waals surface area contributed by atoms with Crippen molar-refractivity contribution in [3.63, 3.8) is 0 Å². The molecule has 0 bridgehead atoms. The van der Waals surface area contributed by atoms with E-state index in [0.717, 1.165) is 0 Å². The fourth-order valence-corrected chi connectivity index (χ4v) is 1.53. The van der Waals surface area contributed by atoms with Crippen LogP contribution < -0.4 is 5.32 Å². The number of carboxylic acid groups (broad SMARTS) is 1. The third kappa shape index (κ3) is 3.98. The Morgan fingerprint density at radius 2 is 2.00 bits per heavy atom. The summed E-state index contributed by atoms with van der Waals surface area (Å²) in [6, 6.07) is 0. The normalized spacial score (nSPS) is 27.5. The monoisotopic (exact) mass is 245 g/mol. The molecule has 3 N–H and O–H groups in total. The number of aliphatic hydroxyl groups is 1. The Kier molecular flexibility index (Phi) is 4.47. The maximum atomic E-state index is 11.6. The predicted molar refractivity (Wildman–Crippen MR) is 59.5 cm³/mol. The highest BCUT2D eigenvalue weighted by Gasteiger charge is 2.35. The molecule has 1 saturated heterocycles. The molecule has 0 aliphatic carbocycles. The Labute approximate surface area is 100.0 Å². The highest BCUT2D eigenvalue weighted by Crippen LogP contribution is 2.20. The average Bonchev–Trinajstić information content (AvgIpc) is 2.75. The lowest BCUT2D eigenvalue weighted by atomic mass is 10.0. The number of carboxylic acids is 1. The first-order valence-electron chi connectivity index (χ1n) is 5.74. The SMILES string of the molecule is CCC(C)(O)CNC(=O)[C@@H]1CC[C@H](C(=O)O)O1. The van der Waals surface area contributed by atoms with E-state index in [2.05, 4.69) is 5.32 Å². The molecule has 6 nitrogen and oxygen atoms in total. The summed E-state index contributed by atoms with van der Waals surface area (Å²) in [5, 5.41) is 21.0. The van der Waals surface area contributed by atoms with Crippen LogP contribution in [0.2, 0.25) is 0 Å². The lowest BCUT2D eigenvalue weighted by molar-refractivity contribution is -0.152. The molecule has 0 spiro atoms. The van der Waals surface area contributed by atoms with Gasteiger partial charge >= 0.3 is 5.97 Å². The third-order valence-electron chi connectivity index (χ3n) is 2.99. The van der Waals surface area contributed by atoms with Gasteiger partial charge in [0.15, 0.2) is 6.10 Å². The molecule has 98 valence electrons. The third-order valence-corrected chi connectivity index (χ3v) is 2.99. The quantitative estimate of drug-likeness (QED) is 0.628. The average molecular weight is 245 g/mol. The summed E-state index contributed by atoms with van der Waals surface area (Å²) >= 11 is 0. The van der Waals surface area contributed by atoms with Crippen LogP contribution in [0.5, 0.6) is 0 Å². The van der Waals surface area contributed by atoms with Crippen molar-refractivity contribution in [3.05, 3.63) is 0 Å². The molecule has 0 aromatic heterocycles. The summed E-state index contributed by atoms with van der Waals surface area (Å²) < 4.78 is 5.09. The van der Waals surface area contributed by atoms with Crippen LogP contribution in [0.3, 0.4) is 0 Å². The molecule has 1 heterocycles. The zero-order valence-electron chi connectivity index (χ0n) is 10.1. The molecule has 0 aromatic carbocycles. The minimum absolute atomic E-state index is 0.139. The molecule has 1 unspecified atom stereocenters. The van der Waals surface area contributed by atoms with E-state index >= 15 is 0 Å². The van der Waals surface area contributed by atoms with Crippen LogP contribution in [-0.2, 0) is 14.3 Å². The maximum Gasteiger partial charge on any atom is 0.332 e. The van der Waals surface area contributed by atoms with Crippen molar-refractivity contribution in [3.8, 4) is 0 Å². The van der Waals surface area contributed by atoms with Crippen molar-refractivity contribution in [1.29, 1.82) is 0 Å². The first-order valence-corrected chi connectivity index (χ1v) is 5.74. The molecule has 17 heavy (non-hydrogen) atoms. The van der Waals surface area contributed by atoms with Crippen LogP contribution in [0, 0.1) is 0 Å². The van der Waals surface area contributed by atoms with Gasteiger partial charge in [-0.2, -0.15) is 0 Å². The molecular weight excluding hydrogens is 226 g/mol. The Balaban J connectivity index is 2.37. The summed E-state index contributed by atoms with van der Waals surface area (Å²) in [6.07, 6.45) is -0.341. The highest BCUT2D eigenvalue weighted by molar-refractivity contribution is 5.82. The van der Waals surface area contributed by atoms with Crippen molar-refractivity contribution in [2.75, 3.05) is 6.54 Å². The lowest BCUT2D eigenvalue weighted by Gasteiger charge is -2.22. The van der Waals surface area contributed by atoms with Crippen molar-refractivity contribution < 1.29 is 24.5 Å². The topological polar surface area (TPSA) is 95.9 Å². The van der Waals surface area contributed by atoms with Crippen molar-refractivity contribution in [1.82, 2.24) is 5.32 Å². The summed E-state index contributed by atoms with van der Waals surface area (Å²) in [5.41, 5.74) is -0.944. The number of rotatable bonds is 5. The van der Waals surface area contributed by atoms with Gasteiger partial charge in [0.1, 0.15) is 6.10 Å². The van der Waals surface area contributed by atoms with Crippen molar-refractivity contribution in [2.45, 2.75) is 50.9 Å². The molecule has 0 aromatic rings. The predicted octanol–water partition coefficient (Wildman–Crippen LogP) is -0.104. The Morgan fingerprint density at radius 3 is 2.47 bits per heavy atom. The van der Waals surface area contributed by atoms with Gasteiger partial charge in [-0.15, -0.1) is 0 Å². The molecule has 0 radical (unpaired) electrons. The summed E-state index contributed by atoms with van der Waals surface area (Å²) in [5.74, 6) is -1.40. The second-order valence-corrected chi connectivity index (χ2v) is 4.60. The van der Waals surface area contributed by atoms with Crippen LogP contribution in [-0.4, -0.2) is 46.4 Å². The van der Waals surface area contributed by atoms with E-state index in [-0.39, 0.29) is 12.5 Å². The van der Waals surface area contributed by atoms with Crippen molar-refractivity contribution >= 4 is 11.9 Å². The minimum atomic E-state index is -1.04. The minimum Gasteiger partial charge on any atom is -0.479 e. The highest BCUT2D eigenvalue weighted by atomic mass is 16.5. The molecule has 3 atom stereocenters. The smallest absolute Gasteiger partial charge is 0.332 e. The largest absolute Gasteiger partial charge is 0.479 e. The fraction of sp³-hybridized carbons (Fsp3) is 0.818. The number of carbonyl (C=O) groups is 2. The van der Waals surface area contributed by atoms with E-state index in [1.165, 1.54) is 0 Å². The van der Waals surface area contributed by atoms with E-state index in [1.54, 1.807) is 6.92 Å². The summed E-state index contributed by atoms with van der Waals surface area (Å²) in [6.45, 7) is 3.58. The van der Waals surface area contributed by atoms with Crippen molar-refractivity contribution in [2.24, 2.45) is 0 Å². The van der Waals surface area contributed by atoms with Gasteiger partial charge in [-0.25, -0.2) is 4.79 Å². The Morgan fingerprint density at radius 1 is 1.41 bits per heavy atom. The van der Waals surface area contributed by atoms with Gasteiger partial charge in [-0.1, -0.05) is 6.92 Å². The number of hydrogen-bond donors (Lipinski definition) is 3. The zero-order valence-corrected chi connectivity index (χ0v) is 10.1. The van der Waals surface area contributed by atoms with E-state index in [1.807, 2.05) is 6.92 Å². The molecular formula is C11H19NO5. The van der Waals surface area contributed by atoms with E-state index in [9.17, 15) is 14.7 Å². The number of carbonyl (C=O) groups excluding carboxylic acids is 1. The fourth-order valence-electron chi connectivity index (χ4n) is 1.53. The maximum absolute atomic E-state index is 11.6. The first kappa shape index (κ1) is 13.9. The van der Waals surface area contributed by atoms with Gasteiger partial charge in [0.25, 0.3) is 0 Å². The second-order valence-electron chi connectivity index (χ2n) is 4.60. The van der Waals surface area contributed by atoms with Crippen LogP contribution in [0.15, 0.2) is 0 Å². The summed E-state index contributed by atoms with van der Waals surface area (Å²) in [7, 11) is 0. The van der Waals surface area contributed by atoms with Gasteiger partial charge in [0.05, 0.1) is 5.60 Å². The first-order chi connectivity index (χ1) is 7.85. The van der Waals surface area contributed by atoms with Crippen LogP contribution in [0.4, 0.5) is 0 Å². The molecule has 0 saturated carbocycles. The molecule has 1 amide bonds. The Hall–Kier alpha value is -1.14. The van der Waals surface area contributed by atoms with Crippen LogP contribution >= 0.6 is 0 Å². The van der Waals surface area contributed by atoms with Gasteiger partial charge in [0.2, 0.25) is 5.91 Å². The molecule has 1 aliphatic rings. The summed E-state index contributed by atoms with van der Waals surface area (Å²) in [4.78, 5) is 22.3. The Bertz CT molecular complexity index is 302. The number of aliphatic carboxylic acids is 1. The molecule has 1 fully saturated rings. The van der Waals surface area contributed by atoms with Crippen LogP contribution in [0.25, 0.3) is 0 Å². The second kappa shape index (κ2) is 5.46. The number of amides is 1. The number of ether oxygens (including phenoxy) is 1. The molecule has 1 rings (SSSR count). The number of hydrogen-bond acceptors (Lipinski definition) is 4. The van der Waals surface area contributed by atoms with Gasteiger partial charge in [0, 0.05) is 6.54 Å². The van der Waals surface area contributed by atoms with E-state index < -0.39 is 23.8 Å². The van der Waals surface area contributed by atoms with E-state index in [0.29, 0.717) is 19.3 Å². The van der Waals surface area contributed by atoms with Gasteiger partial charge in [-0.3, -0.25) is 4.79 Å². The molecule has 6 heteroatoms. The van der Waals surface area contributed by atoms with Gasteiger partial charge < -0.3 is 20.3 Å². The standard InChI is InChI=1S/C11H19NO5/c1-3-11(2,16)6-12-9(13)7-4-5-8(17-7)10(14)15/h7-8,16H,3-6H2,1-2H3,(H,12,13)(H,14,15)/t7-,8+,11?/m0/s1. The van der Waals surface area contributed by atoms with E-state index in [4.69, 9.17) is 9.84 Å². The zero-order chi connectivity index (χ0) is 13.1.